The van der Waals surface area contributed by atoms with E-state index in [4.69, 9.17) is 9.84 Å². The molecule has 1 atom stereocenters. The Kier molecular flexibility index (Phi) is 4.70. The number of carbonyl (C=O) groups is 2. The summed E-state index contributed by atoms with van der Waals surface area (Å²) in [5, 5.41) is 8.92. The molecule has 0 aliphatic carbocycles. The van der Waals surface area contributed by atoms with E-state index in [2.05, 4.69) is 0 Å². The summed E-state index contributed by atoms with van der Waals surface area (Å²) in [5.74, 6) is -1.81. The van der Waals surface area contributed by atoms with E-state index < -0.39 is 17.7 Å². The molecule has 0 radical (unpaired) electrons. The maximum absolute atomic E-state index is 14.3. The summed E-state index contributed by atoms with van der Waals surface area (Å²) in [6, 6.07) is 10.6. The SMILES string of the molecule is COc1ccccc1C1CCCN1C(=O)c1ccc(C(=O)O)cc1F. The molecular formula is C19H18FNO4. The Morgan fingerprint density at radius 3 is 2.68 bits per heavy atom. The fourth-order valence-electron chi connectivity index (χ4n) is 3.25. The highest BCUT2D eigenvalue weighted by atomic mass is 19.1. The summed E-state index contributed by atoms with van der Waals surface area (Å²) in [6.45, 7) is 0.516. The van der Waals surface area contributed by atoms with Crippen LogP contribution < -0.4 is 4.74 Å². The van der Waals surface area contributed by atoms with E-state index in [1.165, 1.54) is 12.1 Å². The Bertz CT molecular complexity index is 821. The number of rotatable bonds is 4. The molecule has 0 saturated carbocycles. The minimum absolute atomic E-state index is 0.119. The summed E-state index contributed by atoms with van der Waals surface area (Å²) in [4.78, 5) is 25.4. The maximum atomic E-state index is 14.3. The normalized spacial score (nSPS) is 16.7. The van der Waals surface area contributed by atoms with Crippen molar-refractivity contribution in [3.63, 3.8) is 0 Å². The molecule has 1 aliphatic rings. The molecule has 0 bridgehead atoms. The van der Waals surface area contributed by atoms with Crippen LogP contribution >= 0.6 is 0 Å². The van der Waals surface area contributed by atoms with Crippen molar-refractivity contribution in [2.75, 3.05) is 13.7 Å². The van der Waals surface area contributed by atoms with E-state index in [1.807, 2.05) is 24.3 Å². The molecule has 1 N–H and O–H groups in total. The van der Waals surface area contributed by atoms with E-state index >= 15 is 0 Å². The number of ether oxygens (including phenoxy) is 1. The number of nitrogens with zero attached hydrogens (tertiary/aromatic N) is 1. The predicted octanol–water partition coefficient (Wildman–Crippen LogP) is 3.51. The van der Waals surface area contributed by atoms with Gasteiger partial charge in [-0.15, -0.1) is 0 Å². The fraction of sp³-hybridized carbons (Fsp3) is 0.263. The molecule has 130 valence electrons. The molecule has 5 nitrogen and oxygen atoms in total. The molecule has 0 aromatic heterocycles. The number of carbonyl (C=O) groups excluding carboxylic acids is 1. The number of carboxylic acids is 1. The molecule has 1 fully saturated rings. The topological polar surface area (TPSA) is 66.8 Å². The van der Waals surface area contributed by atoms with E-state index in [0.29, 0.717) is 12.3 Å². The predicted molar refractivity (Wildman–Crippen MR) is 89.4 cm³/mol. The van der Waals surface area contributed by atoms with Gasteiger partial charge in [0.25, 0.3) is 5.91 Å². The lowest BCUT2D eigenvalue weighted by atomic mass is 10.0. The van der Waals surface area contributed by atoms with Gasteiger partial charge in [0.2, 0.25) is 0 Å². The monoisotopic (exact) mass is 343 g/mol. The van der Waals surface area contributed by atoms with Crippen molar-refractivity contribution in [3.05, 3.63) is 65.0 Å². The lowest BCUT2D eigenvalue weighted by Crippen LogP contribution is -2.31. The van der Waals surface area contributed by atoms with Crippen LogP contribution in [0.5, 0.6) is 5.75 Å². The number of amides is 1. The Morgan fingerprint density at radius 1 is 1.24 bits per heavy atom. The molecule has 2 aromatic rings. The van der Waals surface area contributed by atoms with Crippen molar-refractivity contribution in [2.24, 2.45) is 0 Å². The van der Waals surface area contributed by atoms with Gasteiger partial charge in [0.1, 0.15) is 11.6 Å². The van der Waals surface area contributed by atoms with Crippen LogP contribution in [0.4, 0.5) is 4.39 Å². The van der Waals surface area contributed by atoms with Gasteiger partial charge in [-0.2, -0.15) is 0 Å². The van der Waals surface area contributed by atoms with Crippen molar-refractivity contribution in [2.45, 2.75) is 18.9 Å². The van der Waals surface area contributed by atoms with Gasteiger partial charge in [0, 0.05) is 12.1 Å². The first-order valence-corrected chi connectivity index (χ1v) is 7.99. The van der Waals surface area contributed by atoms with Gasteiger partial charge >= 0.3 is 5.97 Å². The summed E-state index contributed by atoms with van der Waals surface area (Å²) in [7, 11) is 1.57. The van der Waals surface area contributed by atoms with E-state index in [1.54, 1.807) is 12.0 Å². The molecule has 1 heterocycles. The van der Waals surface area contributed by atoms with Gasteiger partial charge in [0.15, 0.2) is 0 Å². The standard InChI is InChI=1S/C19H18FNO4/c1-25-17-7-3-2-5-14(17)16-6-4-10-21(16)18(22)13-9-8-12(19(23)24)11-15(13)20/h2-3,5,7-9,11,16H,4,6,10H2,1H3,(H,23,24). The highest BCUT2D eigenvalue weighted by molar-refractivity contribution is 5.96. The fourth-order valence-corrected chi connectivity index (χ4v) is 3.25. The molecule has 1 unspecified atom stereocenters. The Hall–Kier alpha value is -2.89. The third-order valence-electron chi connectivity index (χ3n) is 4.46. The van der Waals surface area contributed by atoms with Gasteiger partial charge in [0.05, 0.1) is 24.3 Å². The number of carboxylic acid groups (broad SMARTS) is 1. The Labute approximate surface area is 144 Å². The molecule has 25 heavy (non-hydrogen) atoms. The molecule has 3 rings (SSSR count). The van der Waals surface area contributed by atoms with Crippen molar-refractivity contribution in [1.29, 1.82) is 0 Å². The highest BCUT2D eigenvalue weighted by Crippen LogP contribution is 2.37. The second kappa shape index (κ2) is 6.93. The van der Waals surface area contributed by atoms with Gasteiger partial charge in [-0.1, -0.05) is 18.2 Å². The number of methoxy groups -OCH3 is 1. The average Bonchev–Trinajstić information content (AvgIpc) is 3.10. The van der Waals surface area contributed by atoms with Crippen molar-refractivity contribution in [1.82, 2.24) is 4.90 Å². The average molecular weight is 343 g/mol. The number of benzene rings is 2. The number of halogens is 1. The van der Waals surface area contributed by atoms with Crippen molar-refractivity contribution < 1.29 is 23.8 Å². The molecule has 1 amide bonds. The third-order valence-corrected chi connectivity index (χ3v) is 4.46. The van der Waals surface area contributed by atoms with Crippen LogP contribution in [0, 0.1) is 5.82 Å². The summed E-state index contributed by atoms with van der Waals surface area (Å²) in [5.41, 5.74) is 0.585. The van der Waals surface area contributed by atoms with Gasteiger partial charge < -0.3 is 14.7 Å². The van der Waals surface area contributed by atoms with Crippen molar-refractivity contribution in [3.8, 4) is 5.75 Å². The van der Waals surface area contributed by atoms with Crippen LogP contribution in [0.15, 0.2) is 42.5 Å². The summed E-state index contributed by atoms with van der Waals surface area (Å²) < 4.78 is 19.6. The number of likely N-dealkylation sites (tertiary alicyclic amines) is 1. The quantitative estimate of drug-likeness (QED) is 0.922. The smallest absolute Gasteiger partial charge is 0.335 e. The van der Waals surface area contributed by atoms with Gasteiger partial charge in [-0.3, -0.25) is 4.79 Å². The minimum atomic E-state index is -1.23. The maximum Gasteiger partial charge on any atom is 0.335 e. The van der Waals surface area contributed by atoms with Gasteiger partial charge in [-0.05, 0) is 37.1 Å². The van der Waals surface area contributed by atoms with Crippen LogP contribution in [-0.4, -0.2) is 35.5 Å². The highest BCUT2D eigenvalue weighted by Gasteiger charge is 2.33. The zero-order valence-corrected chi connectivity index (χ0v) is 13.7. The number of aromatic carboxylic acids is 1. The van der Waals surface area contributed by atoms with Crippen LogP contribution in [0.2, 0.25) is 0 Å². The molecule has 1 saturated heterocycles. The molecule has 2 aromatic carbocycles. The minimum Gasteiger partial charge on any atom is -0.496 e. The lowest BCUT2D eigenvalue weighted by molar-refractivity contribution is 0.0690. The Morgan fingerprint density at radius 2 is 2.00 bits per heavy atom. The van der Waals surface area contributed by atoms with E-state index in [-0.39, 0.29) is 17.2 Å². The molecule has 1 aliphatic heterocycles. The van der Waals surface area contributed by atoms with Crippen LogP contribution in [0.1, 0.15) is 45.2 Å². The lowest BCUT2D eigenvalue weighted by Gasteiger charge is -2.26. The van der Waals surface area contributed by atoms with Crippen LogP contribution in [0.25, 0.3) is 0 Å². The largest absolute Gasteiger partial charge is 0.496 e. The van der Waals surface area contributed by atoms with Crippen LogP contribution in [0.3, 0.4) is 0 Å². The zero-order chi connectivity index (χ0) is 18.0. The first kappa shape index (κ1) is 17.0. The Balaban J connectivity index is 1.92. The second-order valence-corrected chi connectivity index (χ2v) is 5.90. The number of hydrogen-bond donors (Lipinski definition) is 1. The molecule has 0 spiro atoms. The van der Waals surface area contributed by atoms with Crippen molar-refractivity contribution >= 4 is 11.9 Å². The van der Waals surface area contributed by atoms with E-state index in [0.717, 1.165) is 24.5 Å². The summed E-state index contributed by atoms with van der Waals surface area (Å²) >= 11 is 0. The number of hydrogen-bond acceptors (Lipinski definition) is 3. The van der Waals surface area contributed by atoms with Crippen LogP contribution in [-0.2, 0) is 0 Å². The first-order chi connectivity index (χ1) is 12.0. The zero-order valence-electron chi connectivity index (χ0n) is 13.7. The third kappa shape index (κ3) is 3.20. The first-order valence-electron chi connectivity index (χ1n) is 7.99. The molecule has 6 heteroatoms. The second-order valence-electron chi connectivity index (χ2n) is 5.90. The van der Waals surface area contributed by atoms with Gasteiger partial charge in [-0.25, -0.2) is 9.18 Å². The summed E-state index contributed by atoms with van der Waals surface area (Å²) in [6.07, 6.45) is 1.57. The van der Waals surface area contributed by atoms with E-state index in [9.17, 15) is 14.0 Å². The number of para-hydroxylation sites is 1. The molecular weight excluding hydrogens is 325 g/mol.